The molecule has 1 saturated heterocycles. The van der Waals surface area contributed by atoms with Crippen LogP contribution in [0.2, 0.25) is 0 Å². The van der Waals surface area contributed by atoms with Crippen molar-refractivity contribution < 1.29 is 22.4 Å². The fraction of sp³-hybridized carbons (Fsp3) is 0.381. The number of amides is 1. The van der Waals surface area contributed by atoms with Gasteiger partial charge < -0.3 is 4.42 Å². The molecule has 0 unspecified atom stereocenters. The van der Waals surface area contributed by atoms with Crippen molar-refractivity contribution in [3.05, 3.63) is 46.7 Å². The Kier molecular flexibility index (Phi) is 6.59. The first-order valence-electron chi connectivity index (χ1n) is 9.77. The van der Waals surface area contributed by atoms with E-state index in [4.69, 9.17) is 4.42 Å². The van der Waals surface area contributed by atoms with Crippen molar-refractivity contribution >= 4 is 27.6 Å². The van der Waals surface area contributed by atoms with Crippen LogP contribution in [-0.2, 0) is 14.8 Å². The lowest BCUT2D eigenvalue weighted by Crippen LogP contribution is -2.50. The Morgan fingerprint density at radius 1 is 1.13 bits per heavy atom. The molecule has 10 heteroatoms. The number of nitriles is 1. The van der Waals surface area contributed by atoms with Gasteiger partial charge in [0, 0.05) is 37.3 Å². The first-order chi connectivity index (χ1) is 14.6. The predicted molar refractivity (Wildman–Crippen MR) is 113 cm³/mol. The van der Waals surface area contributed by atoms with Crippen molar-refractivity contribution in [2.75, 3.05) is 38.0 Å². The van der Waals surface area contributed by atoms with Gasteiger partial charge >= 0.3 is 0 Å². The van der Waals surface area contributed by atoms with Crippen molar-refractivity contribution in [1.29, 1.82) is 5.26 Å². The second kappa shape index (κ2) is 9.01. The molecule has 0 saturated carbocycles. The lowest BCUT2D eigenvalue weighted by molar-refractivity contribution is -0.117. The third kappa shape index (κ3) is 4.85. The molecular formula is C21H24N4O5S. The van der Waals surface area contributed by atoms with E-state index >= 15 is 0 Å². The molecule has 1 amide bonds. The number of rotatable bonds is 6. The van der Waals surface area contributed by atoms with Gasteiger partial charge in [-0.05, 0) is 32.9 Å². The van der Waals surface area contributed by atoms with Crippen LogP contribution in [0, 0.1) is 25.2 Å². The number of hydrogen-bond acceptors (Lipinski definition) is 7. The molecule has 1 aromatic heterocycles. The second-order valence-corrected chi connectivity index (χ2v) is 9.35. The lowest BCUT2D eigenvalue weighted by atomic mass is 10.2. The molecule has 1 fully saturated rings. The zero-order valence-electron chi connectivity index (χ0n) is 17.6. The molecule has 31 heavy (non-hydrogen) atoms. The molecule has 0 atom stereocenters. The molecule has 0 spiro atoms. The summed E-state index contributed by atoms with van der Waals surface area (Å²) < 4.78 is 32.5. The van der Waals surface area contributed by atoms with Gasteiger partial charge in [0.05, 0.1) is 11.4 Å². The van der Waals surface area contributed by atoms with E-state index in [1.54, 1.807) is 13.8 Å². The lowest BCUT2D eigenvalue weighted by Gasteiger charge is -2.33. The van der Waals surface area contributed by atoms with Gasteiger partial charge in [0.1, 0.15) is 17.4 Å². The molecule has 1 aliphatic heterocycles. The normalized spacial score (nSPS) is 15.4. The summed E-state index contributed by atoms with van der Waals surface area (Å²) in [5, 5.41) is 11.9. The molecule has 2 heterocycles. The summed E-state index contributed by atoms with van der Waals surface area (Å²) in [6, 6.07) is 7.91. The molecule has 9 nitrogen and oxygen atoms in total. The van der Waals surface area contributed by atoms with E-state index in [-0.39, 0.29) is 42.1 Å². The quantitative estimate of drug-likeness (QED) is 0.675. The number of furan rings is 1. The van der Waals surface area contributed by atoms with Crippen LogP contribution in [0.3, 0.4) is 0 Å². The summed E-state index contributed by atoms with van der Waals surface area (Å²) in [5.74, 6) is 0.249. The van der Waals surface area contributed by atoms with Crippen molar-refractivity contribution in [1.82, 2.24) is 9.21 Å². The fourth-order valence-corrected chi connectivity index (χ4v) is 4.78. The number of ketones is 1. The van der Waals surface area contributed by atoms with E-state index in [0.29, 0.717) is 35.5 Å². The van der Waals surface area contributed by atoms with Crippen molar-refractivity contribution in [2.24, 2.45) is 0 Å². The molecule has 1 N–H and O–H groups in total. The molecular weight excluding hydrogens is 420 g/mol. The zero-order chi connectivity index (χ0) is 22.8. The summed E-state index contributed by atoms with van der Waals surface area (Å²) in [6.07, 6.45) is 0. The summed E-state index contributed by atoms with van der Waals surface area (Å²) in [4.78, 5) is 25.7. The number of piperazine rings is 1. The molecule has 3 rings (SSSR count). The number of benzene rings is 1. The van der Waals surface area contributed by atoms with Gasteiger partial charge in [0.2, 0.25) is 21.8 Å². The number of nitrogens with zero attached hydrogens (tertiary/aromatic N) is 3. The Hall–Kier alpha value is -3.00. The first-order valence-corrected chi connectivity index (χ1v) is 11.2. The summed E-state index contributed by atoms with van der Waals surface area (Å²) in [5.41, 5.74) is 1.45. The van der Waals surface area contributed by atoms with Crippen LogP contribution < -0.4 is 5.32 Å². The van der Waals surface area contributed by atoms with Crippen molar-refractivity contribution in [3.63, 3.8) is 0 Å². The van der Waals surface area contributed by atoms with E-state index in [2.05, 4.69) is 5.32 Å². The fourth-order valence-electron chi connectivity index (χ4n) is 3.36. The Labute approximate surface area is 181 Å². The van der Waals surface area contributed by atoms with E-state index in [1.807, 2.05) is 11.0 Å². The smallest absolute Gasteiger partial charge is 0.243 e. The highest BCUT2D eigenvalue weighted by molar-refractivity contribution is 7.89. The monoisotopic (exact) mass is 444 g/mol. The van der Waals surface area contributed by atoms with Crippen LogP contribution in [0.5, 0.6) is 0 Å². The maximum absolute atomic E-state index is 12.8. The number of nitrogens with one attached hydrogen (secondary N) is 1. The standard InChI is InChI=1S/C21H24N4O5S/c1-14-16(3)30-21(19(14)12-22)23-20(27)13-24-8-10-25(11-9-24)31(28,29)18-6-4-17(5-7-18)15(2)26/h4-7H,8-11,13H2,1-3H3,(H,23,27). The number of aryl methyl sites for hydroxylation is 1. The van der Waals surface area contributed by atoms with Gasteiger partial charge in [0.15, 0.2) is 5.78 Å². The highest BCUT2D eigenvalue weighted by Crippen LogP contribution is 2.25. The first kappa shape index (κ1) is 22.7. The summed E-state index contributed by atoms with van der Waals surface area (Å²) in [6.45, 7) is 6.22. The van der Waals surface area contributed by atoms with Gasteiger partial charge in [-0.2, -0.15) is 9.57 Å². The summed E-state index contributed by atoms with van der Waals surface area (Å²) >= 11 is 0. The minimum absolute atomic E-state index is 0.0604. The van der Waals surface area contributed by atoms with Crippen LogP contribution in [0.25, 0.3) is 0 Å². The number of Topliss-reactive ketones (excluding diaryl/α,β-unsaturated/α-hetero) is 1. The Bertz CT molecular complexity index is 1140. The van der Waals surface area contributed by atoms with Gasteiger partial charge in [-0.1, -0.05) is 12.1 Å². The van der Waals surface area contributed by atoms with Crippen LogP contribution in [0.15, 0.2) is 33.6 Å². The third-order valence-electron chi connectivity index (χ3n) is 5.35. The molecule has 2 aromatic rings. The number of sulfonamides is 1. The topological polar surface area (TPSA) is 124 Å². The van der Waals surface area contributed by atoms with Crippen LogP contribution >= 0.6 is 0 Å². The van der Waals surface area contributed by atoms with Gasteiger partial charge in [0.25, 0.3) is 0 Å². The number of carbonyl (C=O) groups excluding carboxylic acids is 2. The Morgan fingerprint density at radius 2 is 1.74 bits per heavy atom. The van der Waals surface area contributed by atoms with E-state index in [0.717, 1.165) is 0 Å². The summed E-state index contributed by atoms with van der Waals surface area (Å²) in [7, 11) is -3.67. The molecule has 0 aliphatic carbocycles. The van der Waals surface area contributed by atoms with E-state index in [9.17, 15) is 23.3 Å². The average molecular weight is 445 g/mol. The van der Waals surface area contributed by atoms with E-state index in [1.165, 1.54) is 35.5 Å². The maximum atomic E-state index is 12.8. The van der Waals surface area contributed by atoms with Crippen molar-refractivity contribution in [2.45, 2.75) is 25.7 Å². The minimum Gasteiger partial charge on any atom is -0.444 e. The SMILES string of the molecule is CC(=O)c1ccc(S(=O)(=O)N2CCN(CC(=O)Nc3oc(C)c(C)c3C#N)CC2)cc1. The maximum Gasteiger partial charge on any atom is 0.243 e. The Morgan fingerprint density at radius 3 is 2.29 bits per heavy atom. The molecule has 0 bridgehead atoms. The molecule has 1 aliphatic rings. The van der Waals surface area contributed by atoms with E-state index < -0.39 is 10.0 Å². The van der Waals surface area contributed by atoms with Crippen LogP contribution in [0.1, 0.15) is 34.2 Å². The number of hydrogen-bond donors (Lipinski definition) is 1. The highest BCUT2D eigenvalue weighted by Gasteiger charge is 2.29. The molecule has 164 valence electrons. The molecule has 0 radical (unpaired) electrons. The average Bonchev–Trinajstić information content (AvgIpc) is 3.00. The number of anilines is 1. The second-order valence-electron chi connectivity index (χ2n) is 7.41. The predicted octanol–water partition coefficient (Wildman–Crippen LogP) is 1.92. The zero-order valence-corrected chi connectivity index (χ0v) is 18.5. The van der Waals surface area contributed by atoms with Crippen molar-refractivity contribution in [3.8, 4) is 6.07 Å². The third-order valence-corrected chi connectivity index (χ3v) is 7.26. The van der Waals surface area contributed by atoms with Gasteiger partial charge in [-0.25, -0.2) is 8.42 Å². The van der Waals surface area contributed by atoms with Gasteiger partial charge in [-0.3, -0.25) is 19.8 Å². The number of carbonyl (C=O) groups is 2. The highest BCUT2D eigenvalue weighted by atomic mass is 32.2. The van der Waals surface area contributed by atoms with Crippen LogP contribution in [0.4, 0.5) is 5.88 Å². The Balaban J connectivity index is 1.58. The minimum atomic E-state index is -3.67. The largest absolute Gasteiger partial charge is 0.444 e. The molecule has 1 aromatic carbocycles. The van der Waals surface area contributed by atoms with Gasteiger partial charge in [-0.15, -0.1) is 0 Å². The van der Waals surface area contributed by atoms with Crippen LogP contribution in [-0.4, -0.2) is 62.0 Å².